The number of thiophene rings is 1. The molecule has 0 radical (unpaired) electrons. The molecule has 0 spiro atoms. The van der Waals surface area contributed by atoms with Gasteiger partial charge in [-0.05, 0) is 42.9 Å². The van der Waals surface area contributed by atoms with Crippen LogP contribution in [0.5, 0.6) is 0 Å². The standard InChI is InChI=1S/C20H23N3O3S/c24-18(11-14-7-3-1-4-8-14)21-13-19(25)22-23-20(26)17-12-15-9-5-2-6-10-16(15)27-17/h1,3-4,7-8,12H,2,5-6,9-11,13H2,(H,21,24)(H,22,25)(H,23,26). The molecule has 6 nitrogen and oxygen atoms in total. The Kier molecular flexibility index (Phi) is 6.59. The number of nitrogens with one attached hydrogen (secondary N) is 3. The molecule has 27 heavy (non-hydrogen) atoms. The first kappa shape index (κ1) is 19.1. The van der Waals surface area contributed by atoms with Gasteiger partial charge in [-0.25, -0.2) is 0 Å². The second-order valence-electron chi connectivity index (χ2n) is 6.56. The van der Waals surface area contributed by atoms with E-state index in [1.807, 2.05) is 36.4 Å². The van der Waals surface area contributed by atoms with E-state index in [0.717, 1.165) is 31.2 Å². The maximum atomic E-state index is 12.2. The van der Waals surface area contributed by atoms with E-state index in [0.29, 0.717) is 4.88 Å². The van der Waals surface area contributed by atoms with E-state index in [9.17, 15) is 14.4 Å². The molecular formula is C20H23N3O3S. The number of carbonyl (C=O) groups is 3. The fraction of sp³-hybridized carbons (Fsp3) is 0.350. The predicted octanol–water partition coefficient (Wildman–Crippen LogP) is 2.14. The minimum atomic E-state index is -0.470. The lowest BCUT2D eigenvalue weighted by Gasteiger charge is -2.08. The third kappa shape index (κ3) is 5.65. The zero-order chi connectivity index (χ0) is 19.1. The number of aryl methyl sites for hydroxylation is 2. The molecule has 1 aliphatic rings. The van der Waals surface area contributed by atoms with Crippen LogP contribution in [0.15, 0.2) is 36.4 Å². The van der Waals surface area contributed by atoms with Crippen LogP contribution in [0, 0.1) is 0 Å². The lowest BCUT2D eigenvalue weighted by molar-refractivity contribution is -0.126. The van der Waals surface area contributed by atoms with Gasteiger partial charge in [-0.3, -0.25) is 25.2 Å². The Hall–Kier alpha value is -2.67. The van der Waals surface area contributed by atoms with Crippen LogP contribution in [-0.4, -0.2) is 24.3 Å². The van der Waals surface area contributed by atoms with Gasteiger partial charge in [0.15, 0.2) is 0 Å². The van der Waals surface area contributed by atoms with Gasteiger partial charge in [0, 0.05) is 4.88 Å². The van der Waals surface area contributed by atoms with E-state index in [1.54, 1.807) is 0 Å². The van der Waals surface area contributed by atoms with Gasteiger partial charge in [-0.2, -0.15) is 0 Å². The molecule has 1 aromatic heterocycles. The van der Waals surface area contributed by atoms with Crippen LogP contribution in [-0.2, 0) is 28.9 Å². The van der Waals surface area contributed by atoms with Crippen LogP contribution in [0.25, 0.3) is 0 Å². The van der Waals surface area contributed by atoms with Crippen LogP contribution in [0.1, 0.15) is 44.9 Å². The van der Waals surface area contributed by atoms with Crippen molar-refractivity contribution in [2.75, 3.05) is 6.54 Å². The average Bonchev–Trinajstić information content (AvgIpc) is 2.96. The molecule has 0 atom stereocenters. The van der Waals surface area contributed by atoms with Gasteiger partial charge in [0.25, 0.3) is 11.8 Å². The molecule has 3 amide bonds. The molecule has 0 saturated carbocycles. The minimum Gasteiger partial charge on any atom is -0.347 e. The Morgan fingerprint density at radius 3 is 2.52 bits per heavy atom. The number of amides is 3. The van der Waals surface area contributed by atoms with Crippen LogP contribution in [0.3, 0.4) is 0 Å². The summed E-state index contributed by atoms with van der Waals surface area (Å²) in [6.45, 7) is -0.188. The van der Waals surface area contributed by atoms with Crippen molar-refractivity contribution in [3.63, 3.8) is 0 Å². The predicted molar refractivity (Wildman–Crippen MR) is 104 cm³/mol. The number of hydrazine groups is 1. The van der Waals surface area contributed by atoms with Gasteiger partial charge in [0.05, 0.1) is 17.8 Å². The van der Waals surface area contributed by atoms with Crippen LogP contribution in [0.2, 0.25) is 0 Å². The Balaban J connectivity index is 1.41. The van der Waals surface area contributed by atoms with E-state index in [-0.39, 0.29) is 24.8 Å². The topological polar surface area (TPSA) is 87.3 Å². The summed E-state index contributed by atoms with van der Waals surface area (Å²) in [7, 11) is 0. The molecule has 0 fully saturated rings. The molecule has 3 rings (SSSR count). The Morgan fingerprint density at radius 2 is 1.70 bits per heavy atom. The first-order valence-corrected chi connectivity index (χ1v) is 9.95. The first-order valence-electron chi connectivity index (χ1n) is 9.13. The van der Waals surface area contributed by atoms with Crippen molar-refractivity contribution < 1.29 is 14.4 Å². The number of fused-ring (bicyclic) bond motifs is 1. The number of hydrogen-bond donors (Lipinski definition) is 3. The lowest BCUT2D eigenvalue weighted by atomic mass is 10.1. The van der Waals surface area contributed by atoms with Crippen LogP contribution in [0.4, 0.5) is 0 Å². The maximum Gasteiger partial charge on any atom is 0.279 e. The van der Waals surface area contributed by atoms with Crippen molar-refractivity contribution in [2.24, 2.45) is 0 Å². The highest BCUT2D eigenvalue weighted by molar-refractivity contribution is 7.14. The number of benzene rings is 1. The fourth-order valence-corrected chi connectivity index (χ4v) is 4.18. The smallest absolute Gasteiger partial charge is 0.279 e. The molecule has 0 saturated heterocycles. The van der Waals surface area contributed by atoms with Gasteiger partial charge in [-0.15, -0.1) is 11.3 Å². The van der Waals surface area contributed by atoms with Crippen molar-refractivity contribution in [1.82, 2.24) is 16.2 Å². The molecular weight excluding hydrogens is 362 g/mol. The molecule has 142 valence electrons. The SMILES string of the molecule is O=C(Cc1ccccc1)NCC(=O)NNC(=O)c1cc2c(s1)CCCCC2. The Bertz CT molecular complexity index is 794. The van der Waals surface area contributed by atoms with E-state index in [4.69, 9.17) is 0 Å². The van der Waals surface area contributed by atoms with E-state index < -0.39 is 5.91 Å². The van der Waals surface area contributed by atoms with E-state index in [2.05, 4.69) is 16.2 Å². The lowest BCUT2D eigenvalue weighted by Crippen LogP contribution is -2.46. The average molecular weight is 385 g/mol. The quantitative estimate of drug-likeness (QED) is 0.544. The van der Waals surface area contributed by atoms with Gasteiger partial charge >= 0.3 is 0 Å². The molecule has 1 heterocycles. The highest BCUT2D eigenvalue weighted by Crippen LogP contribution is 2.28. The highest BCUT2D eigenvalue weighted by Gasteiger charge is 2.17. The molecule has 1 aromatic carbocycles. The number of rotatable bonds is 5. The monoisotopic (exact) mass is 385 g/mol. The molecule has 0 bridgehead atoms. The van der Waals surface area contributed by atoms with Gasteiger partial charge in [0.1, 0.15) is 0 Å². The zero-order valence-electron chi connectivity index (χ0n) is 15.0. The molecule has 0 unspecified atom stereocenters. The van der Waals surface area contributed by atoms with Gasteiger partial charge in [-0.1, -0.05) is 36.8 Å². The number of hydrogen-bond acceptors (Lipinski definition) is 4. The third-order valence-corrected chi connectivity index (χ3v) is 5.68. The van der Waals surface area contributed by atoms with Gasteiger partial charge in [0.2, 0.25) is 5.91 Å². The minimum absolute atomic E-state index is 0.188. The highest BCUT2D eigenvalue weighted by atomic mass is 32.1. The van der Waals surface area contributed by atoms with Gasteiger partial charge < -0.3 is 5.32 Å². The normalized spacial score (nSPS) is 13.2. The summed E-state index contributed by atoms with van der Waals surface area (Å²) in [5.74, 6) is -1.04. The summed E-state index contributed by atoms with van der Waals surface area (Å²) in [5, 5.41) is 2.54. The molecule has 2 aromatic rings. The third-order valence-electron chi connectivity index (χ3n) is 4.44. The summed E-state index contributed by atoms with van der Waals surface area (Å²) in [6, 6.07) is 11.2. The van der Waals surface area contributed by atoms with Crippen LogP contribution < -0.4 is 16.2 Å². The van der Waals surface area contributed by atoms with Crippen molar-refractivity contribution in [1.29, 1.82) is 0 Å². The van der Waals surface area contributed by atoms with Crippen molar-refractivity contribution in [3.8, 4) is 0 Å². The van der Waals surface area contributed by atoms with Crippen molar-refractivity contribution >= 4 is 29.1 Å². The number of carbonyl (C=O) groups excluding carboxylic acids is 3. The van der Waals surface area contributed by atoms with E-state index >= 15 is 0 Å². The summed E-state index contributed by atoms with van der Waals surface area (Å²) >= 11 is 1.49. The second-order valence-corrected chi connectivity index (χ2v) is 7.70. The van der Waals surface area contributed by atoms with Crippen LogP contribution >= 0.6 is 11.3 Å². The molecule has 3 N–H and O–H groups in total. The summed E-state index contributed by atoms with van der Waals surface area (Å²) in [6.07, 6.45) is 5.79. The Labute approximate surface area is 162 Å². The zero-order valence-corrected chi connectivity index (χ0v) is 15.9. The summed E-state index contributed by atoms with van der Waals surface area (Å²) in [5.41, 5.74) is 6.89. The largest absolute Gasteiger partial charge is 0.347 e. The molecule has 1 aliphatic carbocycles. The first-order chi connectivity index (χ1) is 13.1. The summed E-state index contributed by atoms with van der Waals surface area (Å²) < 4.78 is 0. The van der Waals surface area contributed by atoms with E-state index in [1.165, 1.54) is 28.2 Å². The molecule has 7 heteroatoms. The fourth-order valence-electron chi connectivity index (χ4n) is 3.03. The summed E-state index contributed by atoms with van der Waals surface area (Å²) in [4.78, 5) is 37.8. The molecule has 0 aliphatic heterocycles. The maximum absolute atomic E-state index is 12.2. The van der Waals surface area contributed by atoms with Crippen molar-refractivity contribution in [3.05, 3.63) is 57.3 Å². The second kappa shape index (κ2) is 9.32. The van der Waals surface area contributed by atoms with Crippen molar-refractivity contribution in [2.45, 2.75) is 38.5 Å². The Morgan fingerprint density at radius 1 is 0.926 bits per heavy atom.